The van der Waals surface area contributed by atoms with Gasteiger partial charge in [0.2, 0.25) is 0 Å². The van der Waals surface area contributed by atoms with Crippen LogP contribution < -0.4 is 15.5 Å². The summed E-state index contributed by atoms with van der Waals surface area (Å²) < 4.78 is 5.28. The summed E-state index contributed by atoms with van der Waals surface area (Å²) in [6.07, 6.45) is 1.45. The molecule has 29 heavy (non-hydrogen) atoms. The lowest BCUT2D eigenvalue weighted by atomic mass is 9.94. The van der Waals surface area contributed by atoms with Crippen molar-refractivity contribution in [3.05, 3.63) is 59.7 Å². The van der Waals surface area contributed by atoms with Gasteiger partial charge in [0.25, 0.3) is 11.6 Å². The molecular formula is C22H27N3O4. The zero-order chi connectivity index (χ0) is 20.9. The molecule has 0 fully saturated rings. The van der Waals surface area contributed by atoms with Gasteiger partial charge < -0.3 is 20.5 Å². The van der Waals surface area contributed by atoms with E-state index in [1.807, 2.05) is 26.0 Å². The van der Waals surface area contributed by atoms with Crippen molar-refractivity contribution < 1.29 is 19.4 Å². The average Bonchev–Trinajstić information content (AvgIpc) is 2.74. The highest BCUT2D eigenvalue weighted by Gasteiger charge is 2.51. The van der Waals surface area contributed by atoms with E-state index in [0.29, 0.717) is 43.1 Å². The number of carbonyl (C=O) groups is 2. The number of rotatable bonds is 8. The largest absolute Gasteiger partial charge is 0.382 e. The van der Waals surface area contributed by atoms with Crippen LogP contribution in [0.1, 0.15) is 31.4 Å². The van der Waals surface area contributed by atoms with E-state index in [4.69, 9.17) is 4.74 Å². The van der Waals surface area contributed by atoms with Crippen LogP contribution in [0.5, 0.6) is 0 Å². The summed E-state index contributed by atoms with van der Waals surface area (Å²) in [5.74, 6) is -0.657. The van der Waals surface area contributed by atoms with Gasteiger partial charge in [0.1, 0.15) is 0 Å². The first-order chi connectivity index (χ1) is 14.0. The Labute approximate surface area is 170 Å². The Hall–Kier alpha value is -2.90. The lowest BCUT2D eigenvalue weighted by Crippen LogP contribution is -2.62. The Morgan fingerprint density at radius 1 is 1.17 bits per heavy atom. The van der Waals surface area contributed by atoms with Crippen molar-refractivity contribution in [1.29, 1.82) is 0 Å². The quantitative estimate of drug-likeness (QED) is 0.597. The SMILES string of the molecule is CCOCCCNC(=O)C1(O)c2ccccc2NC(=O)N1c1ccc(CC)cc1. The smallest absolute Gasteiger partial charge is 0.329 e. The summed E-state index contributed by atoms with van der Waals surface area (Å²) in [5, 5.41) is 17.1. The monoisotopic (exact) mass is 397 g/mol. The predicted molar refractivity (Wildman–Crippen MR) is 112 cm³/mol. The average molecular weight is 397 g/mol. The Balaban J connectivity index is 1.96. The molecule has 0 aliphatic carbocycles. The summed E-state index contributed by atoms with van der Waals surface area (Å²) in [6.45, 7) is 5.38. The number of para-hydroxylation sites is 1. The summed E-state index contributed by atoms with van der Waals surface area (Å²) in [7, 11) is 0. The van der Waals surface area contributed by atoms with Gasteiger partial charge in [-0.25, -0.2) is 4.79 Å². The van der Waals surface area contributed by atoms with Gasteiger partial charge in [-0.15, -0.1) is 0 Å². The fraction of sp³-hybridized carbons (Fsp3) is 0.364. The number of fused-ring (bicyclic) bond motifs is 1. The molecule has 7 heteroatoms. The standard InChI is InChI=1S/C22H27N3O4/c1-3-16-10-12-17(13-11-16)25-21(27)24-19-9-6-5-8-18(19)22(25,28)20(26)23-14-7-15-29-4-2/h5-6,8-13,28H,3-4,7,14-15H2,1-2H3,(H,23,26)(H,24,27). The molecule has 154 valence electrons. The second-order valence-corrected chi connectivity index (χ2v) is 6.81. The second-order valence-electron chi connectivity index (χ2n) is 6.81. The number of hydrogen-bond donors (Lipinski definition) is 3. The van der Waals surface area contributed by atoms with Gasteiger partial charge in [0.15, 0.2) is 0 Å². The maximum Gasteiger partial charge on any atom is 0.329 e. The van der Waals surface area contributed by atoms with E-state index in [1.165, 1.54) is 0 Å². The lowest BCUT2D eigenvalue weighted by molar-refractivity contribution is -0.140. The molecule has 1 atom stereocenters. The molecule has 2 aromatic rings. The second kappa shape index (κ2) is 9.07. The van der Waals surface area contributed by atoms with Crippen LogP contribution in [-0.2, 0) is 21.7 Å². The van der Waals surface area contributed by atoms with Crippen LogP contribution in [0, 0.1) is 0 Å². The summed E-state index contributed by atoms with van der Waals surface area (Å²) in [6, 6.07) is 13.4. The van der Waals surface area contributed by atoms with Crippen LogP contribution in [0.4, 0.5) is 16.2 Å². The number of ether oxygens (including phenoxy) is 1. The van der Waals surface area contributed by atoms with Gasteiger partial charge in [-0.3, -0.25) is 9.69 Å². The Bertz CT molecular complexity index is 869. The Morgan fingerprint density at radius 3 is 2.59 bits per heavy atom. The third-order valence-electron chi connectivity index (χ3n) is 4.95. The molecule has 1 aliphatic rings. The molecule has 7 nitrogen and oxygen atoms in total. The van der Waals surface area contributed by atoms with Gasteiger partial charge in [-0.2, -0.15) is 0 Å². The highest BCUT2D eigenvalue weighted by molar-refractivity contribution is 6.11. The predicted octanol–water partition coefficient (Wildman–Crippen LogP) is 2.99. The molecule has 0 radical (unpaired) electrons. The van der Waals surface area contributed by atoms with Crippen molar-refractivity contribution >= 4 is 23.3 Å². The van der Waals surface area contributed by atoms with E-state index in [0.717, 1.165) is 16.9 Å². The number of carbonyl (C=O) groups excluding carboxylic acids is 2. The third kappa shape index (κ3) is 4.11. The van der Waals surface area contributed by atoms with Crippen LogP contribution in [0.2, 0.25) is 0 Å². The molecule has 3 amide bonds. The molecule has 3 rings (SSSR count). The van der Waals surface area contributed by atoms with E-state index in [-0.39, 0.29) is 0 Å². The van der Waals surface area contributed by atoms with Gasteiger partial charge in [0, 0.05) is 31.0 Å². The molecule has 2 aromatic carbocycles. The molecule has 0 saturated carbocycles. The van der Waals surface area contributed by atoms with Gasteiger partial charge in [-0.05, 0) is 43.5 Å². The van der Waals surface area contributed by atoms with Crippen molar-refractivity contribution in [3.63, 3.8) is 0 Å². The first kappa shape index (κ1) is 20.8. The number of aryl methyl sites for hydroxylation is 1. The first-order valence-electron chi connectivity index (χ1n) is 9.90. The van der Waals surface area contributed by atoms with Gasteiger partial charge in [0.05, 0.1) is 5.69 Å². The number of aliphatic hydroxyl groups is 1. The summed E-state index contributed by atoms with van der Waals surface area (Å²) >= 11 is 0. The zero-order valence-corrected chi connectivity index (χ0v) is 16.8. The third-order valence-corrected chi connectivity index (χ3v) is 4.95. The highest BCUT2D eigenvalue weighted by Crippen LogP contribution is 2.39. The summed E-state index contributed by atoms with van der Waals surface area (Å²) in [5.41, 5.74) is 0.0853. The molecule has 1 heterocycles. The van der Waals surface area contributed by atoms with E-state index < -0.39 is 17.7 Å². The first-order valence-corrected chi connectivity index (χ1v) is 9.90. The van der Waals surface area contributed by atoms with E-state index in [9.17, 15) is 14.7 Å². The van der Waals surface area contributed by atoms with E-state index >= 15 is 0 Å². The number of nitrogens with one attached hydrogen (secondary N) is 2. The Morgan fingerprint density at radius 2 is 1.90 bits per heavy atom. The normalized spacial score (nSPS) is 18.2. The topological polar surface area (TPSA) is 90.9 Å². The van der Waals surface area contributed by atoms with Crippen molar-refractivity contribution in [2.45, 2.75) is 32.4 Å². The molecular weight excluding hydrogens is 370 g/mol. The molecule has 0 saturated heterocycles. The molecule has 1 aliphatic heterocycles. The van der Waals surface area contributed by atoms with Gasteiger partial charge >= 0.3 is 6.03 Å². The number of hydrogen-bond acceptors (Lipinski definition) is 4. The van der Waals surface area contributed by atoms with E-state index in [2.05, 4.69) is 10.6 Å². The van der Waals surface area contributed by atoms with E-state index in [1.54, 1.807) is 36.4 Å². The molecule has 0 spiro atoms. The Kier molecular flexibility index (Phi) is 6.51. The molecule has 0 bridgehead atoms. The lowest BCUT2D eigenvalue weighted by Gasteiger charge is -2.42. The van der Waals surface area contributed by atoms with Crippen LogP contribution >= 0.6 is 0 Å². The minimum atomic E-state index is -2.17. The van der Waals surface area contributed by atoms with Crippen molar-refractivity contribution in [2.24, 2.45) is 0 Å². The molecule has 3 N–H and O–H groups in total. The van der Waals surface area contributed by atoms with Crippen LogP contribution in [-0.4, -0.2) is 36.8 Å². The van der Waals surface area contributed by atoms with Crippen molar-refractivity contribution in [3.8, 4) is 0 Å². The molecule has 1 unspecified atom stereocenters. The number of anilines is 2. The minimum Gasteiger partial charge on any atom is -0.382 e. The maximum absolute atomic E-state index is 13.1. The van der Waals surface area contributed by atoms with Crippen molar-refractivity contribution in [2.75, 3.05) is 30.0 Å². The minimum absolute atomic E-state index is 0.321. The highest BCUT2D eigenvalue weighted by atomic mass is 16.5. The summed E-state index contributed by atoms with van der Waals surface area (Å²) in [4.78, 5) is 27.1. The van der Waals surface area contributed by atoms with Crippen LogP contribution in [0.3, 0.4) is 0 Å². The zero-order valence-electron chi connectivity index (χ0n) is 16.8. The number of nitrogens with zero attached hydrogens (tertiary/aromatic N) is 1. The van der Waals surface area contributed by atoms with Crippen LogP contribution in [0.15, 0.2) is 48.5 Å². The van der Waals surface area contributed by atoms with Gasteiger partial charge in [-0.1, -0.05) is 37.3 Å². The number of urea groups is 1. The molecule has 0 aromatic heterocycles. The number of benzene rings is 2. The van der Waals surface area contributed by atoms with Crippen LogP contribution in [0.25, 0.3) is 0 Å². The fourth-order valence-corrected chi connectivity index (χ4v) is 3.39. The van der Waals surface area contributed by atoms with Crippen molar-refractivity contribution in [1.82, 2.24) is 5.32 Å². The number of amides is 3. The maximum atomic E-state index is 13.1. The fourth-order valence-electron chi connectivity index (χ4n) is 3.39.